The maximum atomic E-state index is 8.72. The average molecular weight is 239 g/mol. The maximum absolute atomic E-state index is 8.72. The number of rotatable bonds is 2. The summed E-state index contributed by atoms with van der Waals surface area (Å²) in [4.78, 5) is 8.70. The van der Waals surface area contributed by atoms with Gasteiger partial charge in [0.25, 0.3) is 0 Å². The second kappa shape index (κ2) is 4.57. The Morgan fingerprint density at radius 3 is 2.78 bits per heavy atom. The third-order valence-corrected chi connectivity index (χ3v) is 3.37. The molecule has 18 heavy (non-hydrogen) atoms. The molecule has 0 radical (unpaired) electrons. The fourth-order valence-corrected chi connectivity index (χ4v) is 2.36. The van der Waals surface area contributed by atoms with Gasteiger partial charge >= 0.3 is 0 Å². The first-order chi connectivity index (χ1) is 8.86. The van der Waals surface area contributed by atoms with Crippen molar-refractivity contribution in [3.05, 3.63) is 29.7 Å². The SMILES string of the molecule is N#Cc1ccc(-c2n[nH]c(C3CCCC3)n2)nc1. The maximum Gasteiger partial charge on any atom is 0.199 e. The van der Waals surface area contributed by atoms with Crippen molar-refractivity contribution in [2.45, 2.75) is 31.6 Å². The highest BCUT2D eigenvalue weighted by Crippen LogP contribution is 2.32. The summed E-state index contributed by atoms with van der Waals surface area (Å²) in [7, 11) is 0. The molecule has 2 heterocycles. The molecule has 5 heteroatoms. The van der Waals surface area contributed by atoms with Crippen LogP contribution in [0.2, 0.25) is 0 Å². The Bertz CT molecular complexity index is 572. The first-order valence-electron chi connectivity index (χ1n) is 6.15. The Morgan fingerprint density at radius 1 is 1.28 bits per heavy atom. The van der Waals surface area contributed by atoms with E-state index in [2.05, 4.69) is 20.2 Å². The number of nitrogens with one attached hydrogen (secondary N) is 1. The number of H-pyrrole nitrogens is 1. The number of aromatic amines is 1. The fourth-order valence-electron chi connectivity index (χ4n) is 2.36. The van der Waals surface area contributed by atoms with Crippen LogP contribution in [-0.4, -0.2) is 20.2 Å². The molecule has 1 aliphatic carbocycles. The Morgan fingerprint density at radius 2 is 2.11 bits per heavy atom. The molecule has 0 atom stereocenters. The van der Waals surface area contributed by atoms with Gasteiger partial charge in [0.15, 0.2) is 5.82 Å². The van der Waals surface area contributed by atoms with E-state index in [0.717, 1.165) is 5.82 Å². The molecule has 2 aromatic rings. The highest BCUT2D eigenvalue weighted by molar-refractivity contribution is 5.49. The number of nitrogens with zero attached hydrogens (tertiary/aromatic N) is 4. The summed E-state index contributed by atoms with van der Waals surface area (Å²) < 4.78 is 0. The minimum atomic E-state index is 0.518. The van der Waals surface area contributed by atoms with Crippen molar-refractivity contribution in [3.63, 3.8) is 0 Å². The largest absolute Gasteiger partial charge is 0.262 e. The summed E-state index contributed by atoms with van der Waals surface area (Å²) in [5.74, 6) is 2.10. The van der Waals surface area contributed by atoms with E-state index in [4.69, 9.17) is 5.26 Å². The average Bonchev–Trinajstić information content (AvgIpc) is 3.09. The molecule has 1 fully saturated rings. The van der Waals surface area contributed by atoms with Crippen molar-refractivity contribution in [1.29, 1.82) is 5.26 Å². The Balaban J connectivity index is 1.85. The summed E-state index contributed by atoms with van der Waals surface area (Å²) >= 11 is 0. The molecule has 0 amide bonds. The van der Waals surface area contributed by atoms with Crippen LogP contribution in [-0.2, 0) is 0 Å². The molecular formula is C13H13N5. The number of pyridine rings is 1. The third kappa shape index (κ3) is 1.97. The molecule has 1 saturated carbocycles. The predicted octanol–water partition coefficient (Wildman–Crippen LogP) is 2.40. The van der Waals surface area contributed by atoms with Gasteiger partial charge in [-0.1, -0.05) is 12.8 Å². The summed E-state index contributed by atoms with van der Waals surface area (Å²) in [6.45, 7) is 0. The molecule has 0 bridgehead atoms. The molecule has 0 aliphatic heterocycles. The van der Waals surface area contributed by atoms with Gasteiger partial charge in [0.2, 0.25) is 0 Å². The smallest absolute Gasteiger partial charge is 0.199 e. The van der Waals surface area contributed by atoms with Crippen LogP contribution >= 0.6 is 0 Å². The quantitative estimate of drug-likeness (QED) is 0.872. The number of hydrogen-bond acceptors (Lipinski definition) is 4. The van der Waals surface area contributed by atoms with E-state index in [1.165, 1.54) is 25.7 Å². The second-order valence-electron chi connectivity index (χ2n) is 4.57. The van der Waals surface area contributed by atoms with Gasteiger partial charge in [0.1, 0.15) is 17.6 Å². The lowest BCUT2D eigenvalue weighted by molar-refractivity contribution is 0.672. The van der Waals surface area contributed by atoms with Crippen LogP contribution < -0.4 is 0 Å². The van der Waals surface area contributed by atoms with Crippen molar-refractivity contribution in [2.24, 2.45) is 0 Å². The second-order valence-corrected chi connectivity index (χ2v) is 4.57. The molecule has 0 unspecified atom stereocenters. The van der Waals surface area contributed by atoms with Gasteiger partial charge in [0, 0.05) is 12.1 Å². The van der Waals surface area contributed by atoms with Crippen molar-refractivity contribution >= 4 is 0 Å². The minimum absolute atomic E-state index is 0.518. The molecule has 0 spiro atoms. The van der Waals surface area contributed by atoms with Crippen LogP contribution in [0.1, 0.15) is 43.0 Å². The minimum Gasteiger partial charge on any atom is -0.262 e. The van der Waals surface area contributed by atoms with Crippen LogP contribution in [0.15, 0.2) is 18.3 Å². The van der Waals surface area contributed by atoms with Crippen molar-refractivity contribution < 1.29 is 0 Å². The van der Waals surface area contributed by atoms with E-state index in [1.54, 1.807) is 18.3 Å². The van der Waals surface area contributed by atoms with Crippen molar-refractivity contribution in [3.8, 4) is 17.6 Å². The molecule has 5 nitrogen and oxygen atoms in total. The highest BCUT2D eigenvalue weighted by atomic mass is 15.2. The Hall–Kier alpha value is -2.22. The van der Waals surface area contributed by atoms with Crippen LogP contribution in [0.25, 0.3) is 11.5 Å². The van der Waals surface area contributed by atoms with Gasteiger partial charge in [-0.05, 0) is 25.0 Å². The zero-order valence-corrected chi connectivity index (χ0v) is 9.93. The molecule has 3 rings (SSSR count). The molecule has 1 N–H and O–H groups in total. The van der Waals surface area contributed by atoms with Crippen molar-refractivity contribution in [1.82, 2.24) is 20.2 Å². The third-order valence-electron chi connectivity index (χ3n) is 3.37. The molecule has 0 saturated heterocycles. The molecule has 2 aromatic heterocycles. The van der Waals surface area contributed by atoms with Crippen LogP contribution in [0.5, 0.6) is 0 Å². The lowest BCUT2D eigenvalue weighted by atomic mass is 10.1. The monoisotopic (exact) mass is 239 g/mol. The fraction of sp³-hybridized carbons (Fsp3) is 0.385. The van der Waals surface area contributed by atoms with Gasteiger partial charge in [0.05, 0.1) is 5.56 Å². The van der Waals surface area contributed by atoms with Gasteiger partial charge in [-0.2, -0.15) is 10.4 Å². The Kier molecular flexibility index (Phi) is 2.77. The van der Waals surface area contributed by atoms with Crippen LogP contribution in [0.4, 0.5) is 0 Å². The molecule has 1 aliphatic rings. The first kappa shape index (κ1) is 10.9. The van der Waals surface area contributed by atoms with Gasteiger partial charge in [-0.25, -0.2) is 4.98 Å². The topological polar surface area (TPSA) is 78.2 Å². The lowest BCUT2D eigenvalue weighted by Gasteiger charge is -2.01. The van der Waals surface area contributed by atoms with Crippen molar-refractivity contribution in [2.75, 3.05) is 0 Å². The van der Waals surface area contributed by atoms with Gasteiger partial charge in [-0.15, -0.1) is 0 Å². The standard InChI is InChI=1S/C13H13N5/c14-7-9-5-6-11(15-8-9)13-16-12(17-18-13)10-3-1-2-4-10/h5-6,8,10H,1-4H2,(H,16,17,18). The zero-order valence-electron chi connectivity index (χ0n) is 9.93. The van der Waals surface area contributed by atoms with Gasteiger partial charge in [-0.3, -0.25) is 10.1 Å². The number of hydrogen-bond donors (Lipinski definition) is 1. The Labute approximate surface area is 105 Å². The summed E-state index contributed by atoms with van der Waals surface area (Å²) in [6.07, 6.45) is 6.47. The zero-order chi connectivity index (χ0) is 12.4. The van der Waals surface area contributed by atoms with E-state index in [1.807, 2.05) is 6.07 Å². The summed E-state index contributed by atoms with van der Waals surface area (Å²) in [5, 5.41) is 15.9. The predicted molar refractivity (Wildman–Crippen MR) is 65.5 cm³/mol. The summed E-state index contributed by atoms with van der Waals surface area (Å²) in [5.41, 5.74) is 1.25. The van der Waals surface area contributed by atoms with Gasteiger partial charge < -0.3 is 0 Å². The van der Waals surface area contributed by atoms with E-state index in [9.17, 15) is 0 Å². The lowest BCUT2D eigenvalue weighted by Crippen LogP contribution is -1.94. The normalized spacial score (nSPS) is 15.7. The van der Waals surface area contributed by atoms with E-state index in [0.29, 0.717) is 23.0 Å². The van der Waals surface area contributed by atoms with E-state index >= 15 is 0 Å². The van der Waals surface area contributed by atoms with Crippen LogP contribution in [0, 0.1) is 11.3 Å². The number of aromatic nitrogens is 4. The van der Waals surface area contributed by atoms with E-state index < -0.39 is 0 Å². The molecular weight excluding hydrogens is 226 g/mol. The van der Waals surface area contributed by atoms with E-state index in [-0.39, 0.29) is 0 Å². The first-order valence-corrected chi connectivity index (χ1v) is 6.15. The van der Waals surface area contributed by atoms with Crippen LogP contribution in [0.3, 0.4) is 0 Å². The molecule has 0 aromatic carbocycles. The molecule has 90 valence electrons. The summed E-state index contributed by atoms with van der Waals surface area (Å²) in [6, 6.07) is 5.55. The number of nitriles is 1. The highest BCUT2D eigenvalue weighted by Gasteiger charge is 2.21.